The van der Waals surface area contributed by atoms with E-state index in [1.807, 2.05) is 0 Å². The molecule has 1 N–H and O–H groups in total. The predicted octanol–water partition coefficient (Wildman–Crippen LogP) is 2.67. The van der Waals surface area contributed by atoms with Gasteiger partial charge in [-0.1, -0.05) is 0 Å². The maximum absolute atomic E-state index is 11.7. The molecule has 1 atom stereocenters. The molecule has 1 amide bonds. The first kappa shape index (κ1) is 10.2. The molecule has 0 radical (unpaired) electrons. The van der Waals surface area contributed by atoms with Crippen molar-refractivity contribution in [1.82, 2.24) is 4.98 Å². The SMILES string of the molecule is C[C@]1(C(=O)Nc2nccs2)CC1(Cl)Cl. The number of carbonyl (C=O) groups is 1. The van der Waals surface area contributed by atoms with E-state index in [2.05, 4.69) is 10.3 Å². The summed E-state index contributed by atoms with van der Waals surface area (Å²) in [6.07, 6.45) is 2.12. The lowest BCUT2D eigenvalue weighted by Gasteiger charge is -2.10. The van der Waals surface area contributed by atoms with Crippen LogP contribution in [0.1, 0.15) is 13.3 Å². The van der Waals surface area contributed by atoms with Crippen molar-refractivity contribution in [3.8, 4) is 0 Å². The highest BCUT2D eigenvalue weighted by Crippen LogP contribution is 2.64. The molecule has 0 spiro atoms. The third kappa shape index (κ3) is 1.51. The van der Waals surface area contributed by atoms with Crippen LogP contribution < -0.4 is 5.32 Å². The van der Waals surface area contributed by atoms with Crippen LogP contribution in [0.25, 0.3) is 0 Å². The van der Waals surface area contributed by atoms with Gasteiger partial charge in [0.05, 0.1) is 5.41 Å². The summed E-state index contributed by atoms with van der Waals surface area (Å²) in [5, 5.41) is 5.05. The maximum atomic E-state index is 11.7. The Balaban J connectivity index is 2.05. The van der Waals surface area contributed by atoms with Gasteiger partial charge in [0.15, 0.2) is 5.13 Å². The molecule has 1 aliphatic rings. The monoisotopic (exact) mass is 250 g/mol. The van der Waals surface area contributed by atoms with Crippen molar-refractivity contribution < 1.29 is 4.79 Å². The number of amides is 1. The van der Waals surface area contributed by atoms with Crippen LogP contribution in [0, 0.1) is 5.41 Å². The number of anilines is 1. The number of rotatable bonds is 2. The number of hydrogen-bond donors (Lipinski definition) is 1. The molecule has 0 bridgehead atoms. The molecule has 1 fully saturated rings. The zero-order chi connectivity index (χ0) is 10.4. The van der Waals surface area contributed by atoms with E-state index in [0.29, 0.717) is 11.6 Å². The lowest BCUT2D eigenvalue weighted by Crippen LogP contribution is -2.25. The molecule has 76 valence electrons. The van der Waals surface area contributed by atoms with Crippen LogP contribution in [0.15, 0.2) is 11.6 Å². The summed E-state index contributed by atoms with van der Waals surface area (Å²) in [7, 11) is 0. The van der Waals surface area contributed by atoms with Gasteiger partial charge in [-0.3, -0.25) is 4.79 Å². The van der Waals surface area contributed by atoms with Crippen molar-refractivity contribution in [2.24, 2.45) is 5.41 Å². The van der Waals surface area contributed by atoms with Crippen LogP contribution in [0.2, 0.25) is 0 Å². The molecule has 1 aromatic heterocycles. The van der Waals surface area contributed by atoms with Crippen molar-refractivity contribution in [2.45, 2.75) is 17.7 Å². The predicted molar refractivity (Wildman–Crippen MR) is 57.9 cm³/mol. The van der Waals surface area contributed by atoms with E-state index in [4.69, 9.17) is 23.2 Å². The second-order valence-corrected chi connectivity index (χ2v) is 5.88. The Bertz CT molecular complexity index is 365. The topological polar surface area (TPSA) is 42.0 Å². The van der Waals surface area contributed by atoms with Gasteiger partial charge in [0, 0.05) is 11.6 Å². The standard InChI is InChI=1S/C8H8Cl2N2OS/c1-7(4-8(7,9)10)5(13)12-6-11-2-3-14-6/h2-3H,4H2,1H3,(H,11,12,13)/t7-/m1/s1. The van der Waals surface area contributed by atoms with E-state index < -0.39 is 9.75 Å². The Kier molecular flexibility index (Phi) is 2.25. The van der Waals surface area contributed by atoms with Crippen LogP contribution in [0.3, 0.4) is 0 Å². The highest BCUT2D eigenvalue weighted by Gasteiger charge is 2.68. The summed E-state index contributed by atoms with van der Waals surface area (Å²) in [6.45, 7) is 1.75. The Labute approximate surface area is 95.4 Å². The molecule has 3 nitrogen and oxygen atoms in total. The number of thiazole rings is 1. The van der Waals surface area contributed by atoms with Gasteiger partial charge in [0.25, 0.3) is 0 Å². The van der Waals surface area contributed by atoms with Crippen molar-refractivity contribution >= 4 is 45.6 Å². The highest BCUT2D eigenvalue weighted by molar-refractivity contribution is 7.13. The van der Waals surface area contributed by atoms with E-state index in [1.165, 1.54) is 11.3 Å². The minimum absolute atomic E-state index is 0.169. The highest BCUT2D eigenvalue weighted by atomic mass is 35.5. The molecular formula is C8H8Cl2N2OS. The third-order valence-electron chi connectivity index (χ3n) is 2.41. The molecule has 0 unspecified atom stereocenters. The number of hydrogen-bond acceptors (Lipinski definition) is 3. The van der Waals surface area contributed by atoms with E-state index in [1.54, 1.807) is 18.5 Å². The molecule has 0 saturated heterocycles. The number of aromatic nitrogens is 1. The fraction of sp³-hybridized carbons (Fsp3) is 0.500. The van der Waals surface area contributed by atoms with Crippen LogP contribution in [-0.4, -0.2) is 15.2 Å². The third-order valence-corrected chi connectivity index (χ3v) is 4.20. The van der Waals surface area contributed by atoms with Gasteiger partial charge >= 0.3 is 0 Å². The van der Waals surface area contributed by atoms with Crippen LogP contribution in [0.5, 0.6) is 0 Å². The van der Waals surface area contributed by atoms with Crippen molar-refractivity contribution in [2.75, 3.05) is 5.32 Å². The maximum Gasteiger partial charge on any atom is 0.235 e. The summed E-state index contributed by atoms with van der Waals surface area (Å²) in [5.41, 5.74) is -0.679. The van der Waals surface area contributed by atoms with Crippen LogP contribution >= 0.6 is 34.5 Å². The molecule has 6 heteroatoms. The quantitative estimate of drug-likeness (QED) is 0.821. The molecule has 0 aromatic carbocycles. The van der Waals surface area contributed by atoms with E-state index >= 15 is 0 Å². The molecule has 2 rings (SSSR count). The number of nitrogens with zero attached hydrogens (tertiary/aromatic N) is 1. The fourth-order valence-corrected chi connectivity index (χ4v) is 2.40. The number of halogens is 2. The number of carbonyl (C=O) groups excluding carboxylic acids is 1. The zero-order valence-electron chi connectivity index (χ0n) is 7.38. The summed E-state index contributed by atoms with van der Waals surface area (Å²) < 4.78 is -0.922. The first-order valence-corrected chi connectivity index (χ1v) is 5.68. The van der Waals surface area contributed by atoms with Crippen LogP contribution in [0.4, 0.5) is 5.13 Å². The molecule has 1 aromatic rings. The Morgan fingerprint density at radius 2 is 2.36 bits per heavy atom. The Hall–Kier alpha value is -0.320. The molecule has 1 heterocycles. The Morgan fingerprint density at radius 1 is 1.71 bits per heavy atom. The molecule has 14 heavy (non-hydrogen) atoms. The summed E-state index contributed by atoms with van der Waals surface area (Å²) in [6, 6.07) is 0. The smallest absolute Gasteiger partial charge is 0.235 e. The van der Waals surface area contributed by atoms with Crippen molar-refractivity contribution in [3.05, 3.63) is 11.6 Å². The summed E-state index contributed by atoms with van der Waals surface area (Å²) in [5.74, 6) is -0.169. The van der Waals surface area contributed by atoms with Gasteiger partial charge in [0.1, 0.15) is 4.33 Å². The first-order chi connectivity index (χ1) is 6.46. The normalized spacial score (nSPS) is 28.5. The number of nitrogens with one attached hydrogen (secondary N) is 1. The van der Waals surface area contributed by atoms with Gasteiger partial charge in [-0.15, -0.1) is 34.5 Å². The molecular weight excluding hydrogens is 243 g/mol. The first-order valence-electron chi connectivity index (χ1n) is 4.04. The number of alkyl halides is 2. The van der Waals surface area contributed by atoms with Gasteiger partial charge < -0.3 is 5.32 Å². The van der Waals surface area contributed by atoms with E-state index in [9.17, 15) is 4.79 Å². The van der Waals surface area contributed by atoms with Crippen molar-refractivity contribution in [3.63, 3.8) is 0 Å². The van der Waals surface area contributed by atoms with E-state index in [-0.39, 0.29) is 5.91 Å². The molecule has 0 aliphatic heterocycles. The second-order valence-electron chi connectivity index (χ2n) is 3.50. The summed E-state index contributed by atoms with van der Waals surface area (Å²) >= 11 is 13.1. The largest absolute Gasteiger partial charge is 0.301 e. The fourth-order valence-electron chi connectivity index (χ4n) is 1.17. The molecule has 1 aliphatic carbocycles. The zero-order valence-corrected chi connectivity index (χ0v) is 9.71. The molecule has 1 saturated carbocycles. The average molecular weight is 251 g/mol. The average Bonchev–Trinajstić information content (AvgIpc) is 2.54. The van der Waals surface area contributed by atoms with Gasteiger partial charge in [0.2, 0.25) is 5.91 Å². The van der Waals surface area contributed by atoms with Gasteiger partial charge in [-0.05, 0) is 13.3 Å². The van der Waals surface area contributed by atoms with Gasteiger partial charge in [-0.2, -0.15) is 0 Å². The lowest BCUT2D eigenvalue weighted by atomic mass is 10.1. The lowest BCUT2D eigenvalue weighted by molar-refractivity contribution is -0.120. The minimum atomic E-state index is -0.922. The summed E-state index contributed by atoms with van der Waals surface area (Å²) in [4.78, 5) is 15.6. The van der Waals surface area contributed by atoms with E-state index in [0.717, 1.165) is 0 Å². The second kappa shape index (κ2) is 3.08. The van der Waals surface area contributed by atoms with Crippen LogP contribution in [-0.2, 0) is 4.79 Å². The Morgan fingerprint density at radius 3 is 2.79 bits per heavy atom. The minimum Gasteiger partial charge on any atom is -0.301 e. The van der Waals surface area contributed by atoms with Gasteiger partial charge in [-0.25, -0.2) is 4.98 Å². The van der Waals surface area contributed by atoms with Crippen molar-refractivity contribution in [1.29, 1.82) is 0 Å².